The Morgan fingerprint density at radius 2 is 2.00 bits per heavy atom. The Kier molecular flexibility index (Phi) is 3.47. The number of ether oxygens (including phenoxy) is 2. The molecule has 0 saturated heterocycles. The van der Waals surface area contributed by atoms with E-state index in [1.807, 2.05) is 12.1 Å². The molecule has 1 aromatic carbocycles. The first kappa shape index (κ1) is 13.9. The topological polar surface area (TPSA) is 47.6 Å². The number of hydrogen-bond acceptors (Lipinski definition) is 3. The first-order valence-corrected chi connectivity index (χ1v) is 8.41. The van der Waals surface area contributed by atoms with Crippen molar-refractivity contribution in [2.75, 3.05) is 13.2 Å². The van der Waals surface area contributed by atoms with E-state index in [4.69, 9.17) is 9.47 Å². The van der Waals surface area contributed by atoms with E-state index in [0.29, 0.717) is 30.4 Å². The molecule has 3 aliphatic rings. The van der Waals surface area contributed by atoms with Crippen molar-refractivity contribution in [1.29, 1.82) is 0 Å². The Hall–Kier alpha value is -1.71. The lowest BCUT2D eigenvalue weighted by Crippen LogP contribution is -2.40. The van der Waals surface area contributed by atoms with Crippen LogP contribution in [0.3, 0.4) is 0 Å². The molecule has 1 amide bonds. The molecule has 118 valence electrons. The molecular weight excluding hydrogens is 278 g/mol. The van der Waals surface area contributed by atoms with Crippen LogP contribution in [-0.4, -0.2) is 25.2 Å². The van der Waals surface area contributed by atoms with Crippen molar-refractivity contribution in [3.8, 4) is 11.5 Å². The van der Waals surface area contributed by atoms with Gasteiger partial charge in [0, 0.05) is 11.6 Å². The number of nitrogens with one attached hydrogen (secondary N) is 1. The fraction of sp³-hybridized carbons (Fsp3) is 0.611. The lowest BCUT2D eigenvalue weighted by Gasteiger charge is -2.28. The molecule has 0 unspecified atom stereocenters. The number of hydrogen-bond donors (Lipinski definition) is 1. The van der Waals surface area contributed by atoms with Crippen LogP contribution in [0.15, 0.2) is 18.2 Å². The number of carbonyl (C=O) groups excluding carboxylic acids is 1. The highest BCUT2D eigenvalue weighted by Gasteiger charge is 2.42. The highest BCUT2D eigenvalue weighted by molar-refractivity contribution is 5.95. The van der Waals surface area contributed by atoms with Gasteiger partial charge >= 0.3 is 0 Å². The smallest absolute Gasteiger partial charge is 0.251 e. The highest BCUT2D eigenvalue weighted by Crippen LogP contribution is 2.49. The number of rotatable bonds is 3. The standard InChI is InChI=1S/C18H23NO3/c1-11(15-9-12-2-3-13(15)8-12)19-18(20)14-4-5-16-17(10-14)22-7-6-21-16/h4-5,10-13,15H,2-3,6-9H2,1H3,(H,19,20)/t11-,12-,13-,15-/m0/s1. The summed E-state index contributed by atoms with van der Waals surface area (Å²) in [5, 5.41) is 3.19. The second-order valence-corrected chi connectivity index (χ2v) is 6.96. The van der Waals surface area contributed by atoms with Crippen LogP contribution >= 0.6 is 0 Å². The maximum atomic E-state index is 12.5. The third-order valence-corrected chi connectivity index (χ3v) is 5.60. The summed E-state index contributed by atoms with van der Waals surface area (Å²) in [6.45, 7) is 3.26. The summed E-state index contributed by atoms with van der Waals surface area (Å²) in [7, 11) is 0. The zero-order valence-corrected chi connectivity index (χ0v) is 13.0. The van der Waals surface area contributed by atoms with Crippen LogP contribution < -0.4 is 14.8 Å². The molecule has 2 aliphatic carbocycles. The average Bonchev–Trinajstić information content (AvgIpc) is 3.17. The third kappa shape index (κ3) is 2.44. The minimum Gasteiger partial charge on any atom is -0.486 e. The summed E-state index contributed by atoms with van der Waals surface area (Å²) in [5.41, 5.74) is 0.652. The molecule has 1 aliphatic heterocycles. The van der Waals surface area contributed by atoms with Gasteiger partial charge in [-0.25, -0.2) is 0 Å². The minimum atomic E-state index is -0.00718. The van der Waals surface area contributed by atoms with Gasteiger partial charge in [0.05, 0.1) is 0 Å². The van der Waals surface area contributed by atoms with Crippen LogP contribution in [0.5, 0.6) is 11.5 Å². The van der Waals surface area contributed by atoms with Crippen LogP contribution in [0, 0.1) is 17.8 Å². The Labute approximate surface area is 131 Å². The second kappa shape index (κ2) is 5.49. The van der Waals surface area contributed by atoms with Gasteiger partial charge in [0.25, 0.3) is 5.91 Å². The molecule has 4 nitrogen and oxygen atoms in total. The van der Waals surface area contributed by atoms with Crippen molar-refractivity contribution >= 4 is 5.91 Å². The molecule has 2 bridgehead atoms. The first-order chi connectivity index (χ1) is 10.7. The fourth-order valence-electron chi connectivity index (χ4n) is 4.49. The molecule has 0 aromatic heterocycles. The normalized spacial score (nSPS) is 30.1. The number of fused-ring (bicyclic) bond motifs is 3. The lowest BCUT2D eigenvalue weighted by molar-refractivity contribution is 0.0914. The second-order valence-electron chi connectivity index (χ2n) is 6.96. The Morgan fingerprint density at radius 3 is 2.73 bits per heavy atom. The molecule has 1 heterocycles. The molecule has 2 saturated carbocycles. The van der Waals surface area contributed by atoms with E-state index >= 15 is 0 Å². The van der Waals surface area contributed by atoms with E-state index in [-0.39, 0.29) is 11.9 Å². The van der Waals surface area contributed by atoms with Gasteiger partial charge in [0.1, 0.15) is 13.2 Å². The summed E-state index contributed by atoms with van der Waals surface area (Å²) in [6.07, 6.45) is 5.39. The van der Waals surface area contributed by atoms with Gasteiger partial charge in [-0.3, -0.25) is 4.79 Å². The van der Waals surface area contributed by atoms with Crippen LogP contribution in [-0.2, 0) is 0 Å². The van der Waals surface area contributed by atoms with Crippen LogP contribution in [0.2, 0.25) is 0 Å². The van der Waals surface area contributed by atoms with E-state index in [2.05, 4.69) is 12.2 Å². The number of benzene rings is 1. The van der Waals surface area contributed by atoms with Crippen molar-refractivity contribution in [3.05, 3.63) is 23.8 Å². The summed E-state index contributed by atoms with van der Waals surface area (Å²) in [4.78, 5) is 12.5. The maximum Gasteiger partial charge on any atom is 0.251 e. The van der Waals surface area contributed by atoms with Crippen molar-refractivity contribution < 1.29 is 14.3 Å². The van der Waals surface area contributed by atoms with Crippen LogP contribution in [0.4, 0.5) is 0 Å². The zero-order valence-electron chi connectivity index (χ0n) is 13.0. The van der Waals surface area contributed by atoms with Crippen molar-refractivity contribution in [2.24, 2.45) is 17.8 Å². The van der Waals surface area contributed by atoms with Gasteiger partial charge in [-0.2, -0.15) is 0 Å². The summed E-state index contributed by atoms with van der Waals surface area (Å²) in [6, 6.07) is 5.68. The molecule has 22 heavy (non-hydrogen) atoms. The Balaban J connectivity index is 1.43. The molecule has 0 spiro atoms. The van der Waals surface area contributed by atoms with Gasteiger partial charge in [0.15, 0.2) is 11.5 Å². The fourth-order valence-corrected chi connectivity index (χ4v) is 4.49. The number of carbonyl (C=O) groups is 1. The van der Waals surface area contributed by atoms with E-state index in [0.717, 1.165) is 17.6 Å². The predicted octanol–water partition coefficient (Wildman–Crippen LogP) is 3.01. The van der Waals surface area contributed by atoms with Gasteiger partial charge in [0.2, 0.25) is 0 Å². The van der Waals surface area contributed by atoms with Crippen molar-refractivity contribution in [2.45, 2.75) is 38.6 Å². The molecule has 1 aromatic rings. The first-order valence-electron chi connectivity index (χ1n) is 8.41. The largest absolute Gasteiger partial charge is 0.486 e. The number of amides is 1. The molecule has 4 atom stereocenters. The Bertz CT molecular complexity index is 586. The molecule has 1 N–H and O–H groups in total. The van der Waals surface area contributed by atoms with Gasteiger partial charge in [-0.05, 0) is 62.1 Å². The maximum absolute atomic E-state index is 12.5. The van der Waals surface area contributed by atoms with Gasteiger partial charge in [-0.1, -0.05) is 6.42 Å². The van der Waals surface area contributed by atoms with Crippen molar-refractivity contribution in [3.63, 3.8) is 0 Å². The van der Waals surface area contributed by atoms with E-state index in [1.165, 1.54) is 25.7 Å². The summed E-state index contributed by atoms with van der Waals surface area (Å²) >= 11 is 0. The summed E-state index contributed by atoms with van der Waals surface area (Å²) < 4.78 is 11.1. The SMILES string of the molecule is C[C@H](NC(=O)c1ccc2c(c1)OCCO2)[C@@H]1C[C@H]2CC[C@H]1C2. The highest BCUT2D eigenvalue weighted by atomic mass is 16.6. The molecule has 4 heteroatoms. The van der Waals surface area contributed by atoms with Crippen molar-refractivity contribution in [1.82, 2.24) is 5.32 Å². The molecular formula is C18H23NO3. The minimum absolute atomic E-state index is 0.00718. The van der Waals surface area contributed by atoms with Crippen LogP contribution in [0.1, 0.15) is 43.0 Å². The molecule has 2 fully saturated rings. The quantitative estimate of drug-likeness (QED) is 0.933. The molecule has 4 rings (SSSR count). The summed E-state index contributed by atoms with van der Waals surface area (Å²) in [5.74, 6) is 3.77. The van der Waals surface area contributed by atoms with Crippen LogP contribution in [0.25, 0.3) is 0 Å². The lowest BCUT2D eigenvalue weighted by atomic mass is 9.84. The Morgan fingerprint density at radius 1 is 1.18 bits per heavy atom. The molecule has 0 radical (unpaired) electrons. The third-order valence-electron chi connectivity index (χ3n) is 5.60. The zero-order chi connectivity index (χ0) is 15.1. The average molecular weight is 301 g/mol. The van der Waals surface area contributed by atoms with Gasteiger partial charge < -0.3 is 14.8 Å². The van der Waals surface area contributed by atoms with E-state index in [1.54, 1.807) is 6.07 Å². The predicted molar refractivity (Wildman–Crippen MR) is 83.3 cm³/mol. The monoisotopic (exact) mass is 301 g/mol. The van der Waals surface area contributed by atoms with E-state index in [9.17, 15) is 4.79 Å². The van der Waals surface area contributed by atoms with Gasteiger partial charge in [-0.15, -0.1) is 0 Å². The van der Waals surface area contributed by atoms with E-state index < -0.39 is 0 Å².